The molecule has 0 atom stereocenters. The maximum atomic E-state index is 11.4. The van der Waals surface area contributed by atoms with Crippen LogP contribution in [-0.4, -0.2) is 42.4 Å². The van der Waals surface area contributed by atoms with Gasteiger partial charge in [-0.05, 0) is 12.1 Å². The van der Waals surface area contributed by atoms with Gasteiger partial charge in [-0.25, -0.2) is 9.78 Å². The number of ether oxygens (including phenoxy) is 1. The number of aryl methyl sites for hydroxylation is 1. The van der Waals surface area contributed by atoms with E-state index in [1.165, 1.54) is 11.6 Å². The van der Waals surface area contributed by atoms with Crippen molar-refractivity contribution < 1.29 is 9.53 Å². The summed E-state index contributed by atoms with van der Waals surface area (Å²) in [5.74, 6) is -0.287. The van der Waals surface area contributed by atoms with Gasteiger partial charge in [-0.3, -0.25) is 4.68 Å². The molecule has 0 aliphatic rings. The van der Waals surface area contributed by atoms with Gasteiger partial charge in [0.1, 0.15) is 0 Å². The minimum atomic E-state index is -0.596. The highest BCUT2D eigenvalue weighted by molar-refractivity contribution is 5.85. The summed E-state index contributed by atoms with van der Waals surface area (Å²) in [6.45, 7) is 0. The Morgan fingerprint density at radius 3 is 2.74 bits per heavy atom. The smallest absolute Gasteiger partial charge is 0.378 e. The predicted molar refractivity (Wildman–Crippen MR) is 64.3 cm³/mol. The van der Waals surface area contributed by atoms with Crippen LogP contribution in [0.2, 0.25) is 0 Å². The molecule has 0 aliphatic heterocycles. The van der Waals surface area contributed by atoms with E-state index < -0.39 is 5.97 Å². The van der Waals surface area contributed by atoms with Crippen LogP contribution >= 0.6 is 0 Å². The number of fused-ring (bicyclic) bond motifs is 1. The quantitative estimate of drug-likeness (QED) is 0.615. The summed E-state index contributed by atoms with van der Waals surface area (Å²) in [7, 11) is 3.10. The number of hydrogen-bond acceptors (Lipinski definition) is 6. The lowest BCUT2D eigenvalue weighted by Gasteiger charge is -2.03. The minimum Gasteiger partial charge on any atom is -0.463 e. The lowest BCUT2D eigenvalue weighted by Crippen LogP contribution is -2.04. The summed E-state index contributed by atoms with van der Waals surface area (Å²) in [6, 6.07) is 3.62. The highest BCUT2D eigenvalue weighted by atomic mass is 16.5. The summed E-state index contributed by atoms with van der Waals surface area (Å²) in [6.07, 6.45) is 3.28. The van der Waals surface area contributed by atoms with Crippen LogP contribution in [-0.2, 0) is 11.8 Å². The average molecular weight is 258 g/mol. The van der Waals surface area contributed by atoms with Crippen molar-refractivity contribution in [2.75, 3.05) is 7.11 Å². The Morgan fingerprint density at radius 1 is 1.26 bits per heavy atom. The molecule has 0 amide bonds. The van der Waals surface area contributed by atoms with Crippen molar-refractivity contribution >= 4 is 11.7 Å². The summed E-state index contributed by atoms with van der Waals surface area (Å²) in [4.78, 5) is 19.5. The van der Waals surface area contributed by atoms with E-state index in [-0.39, 0.29) is 5.82 Å². The SMILES string of the molecule is COC(=O)c1nc2nccc(-c3ccnn3C)n2n1. The molecule has 3 aromatic heterocycles. The monoisotopic (exact) mass is 258 g/mol. The first-order valence-corrected chi connectivity index (χ1v) is 5.49. The summed E-state index contributed by atoms with van der Waals surface area (Å²) >= 11 is 0. The second-order valence-corrected chi connectivity index (χ2v) is 3.81. The molecule has 3 rings (SSSR count). The van der Waals surface area contributed by atoms with Gasteiger partial charge in [0.05, 0.1) is 18.5 Å². The first-order chi connectivity index (χ1) is 9.20. The zero-order valence-corrected chi connectivity index (χ0v) is 10.3. The van der Waals surface area contributed by atoms with E-state index in [1.54, 1.807) is 23.1 Å². The zero-order chi connectivity index (χ0) is 13.4. The number of rotatable bonds is 2. The van der Waals surface area contributed by atoms with Gasteiger partial charge < -0.3 is 4.74 Å². The van der Waals surface area contributed by atoms with Gasteiger partial charge in [0, 0.05) is 19.4 Å². The Labute approximate surface area is 107 Å². The molecular formula is C11H10N6O2. The van der Waals surface area contributed by atoms with Crippen LogP contribution in [0.25, 0.3) is 17.2 Å². The summed E-state index contributed by atoms with van der Waals surface area (Å²) in [5, 5.41) is 8.21. The van der Waals surface area contributed by atoms with E-state index in [0.717, 1.165) is 11.4 Å². The molecule has 0 fully saturated rings. The highest BCUT2D eigenvalue weighted by Crippen LogP contribution is 2.17. The Hall–Kier alpha value is -2.77. The largest absolute Gasteiger partial charge is 0.463 e. The fourth-order valence-electron chi connectivity index (χ4n) is 1.79. The maximum absolute atomic E-state index is 11.4. The molecule has 0 N–H and O–H groups in total. The molecule has 0 aromatic carbocycles. The molecule has 8 heteroatoms. The van der Waals surface area contributed by atoms with E-state index in [1.807, 2.05) is 13.1 Å². The third kappa shape index (κ3) is 1.73. The number of esters is 1. The van der Waals surface area contributed by atoms with Crippen molar-refractivity contribution in [3.63, 3.8) is 0 Å². The molecular weight excluding hydrogens is 248 g/mol. The second-order valence-electron chi connectivity index (χ2n) is 3.81. The van der Waals surface area contributed by atoms with Crippen LogP contribution in [0.1, 0.15) is 10.6 Å². The average Bonchev–Trinajstić information content (AvgIpc) is 3.03. The Morgan fingerprint density at radius 2 is 2.05 bits per heavy atom. The fraction of sp³-hybridized carbons (Fsp3) is 0.182. The van der Waals surface area contributed by atoms with Crippen molar-refractivity contribution in [3.05, 3.63) is 30.4 Å². The molecule has 96 valence electrons. The third-order valence-electron chi connectivity index (χ3n) is 2.69. The third-order valence-corrected chi connectivity index (χ3v) is 2.69. The maximum Gasteiger partial charge on any atom is 0.378 e. The summed E-state index contributed by atoms with van der Waals surface area (Å²) < 4.78 is 7.79. The minimum absolute atomic E-state index is 0.0235. The van der Waals surface area contributed by atoms with E-state index in [4.69, 9.17) is 0 Å². The standard InChI is InChI=1S/C11H10N6O2/c1-16-7(4-6-13-16)8-3-5-12-11-14-9(10(18)19-2)15-17(8)11/h3-6H,1-2H3. The van der Waals surface area contributed by atoms with Gasteiger partial charge in [0.15, 0.2) is 0 Å². The Kier molecular flexibility index (Phi) is 2.48. The van der Waals surface area contributed by atoms with Crippen molar-refractivity contribution in [2.24, 2.45) is 7.05 Å². The number of nitrogens with zero attached hydrogens (tertiary/aromatic N) is 6. The highest BCUT2D eigenvalue weighted by Gasteiger charge is 2.16. The van der Waals surface area contributed by atoms with Gasteiger partial charge in [-0.2, -0.15) is 14.6 Å². The van der Waals surface area contributed by atoms with Crippen LogP contribution in [0.15, 0.2) is 24.5 Å². The fourth-order valence-corrected chi connectivity index (χ4v) is 1.79. The van der Waals surface area contributed by atoms with Gasteiger partial charge >= 0.3 is 5.97 Å². The van der Waals surface area contributed by atoms with E-state index in [9.17, 15) is 4.79 Å². The van der Waals surface area contributed by atoms with Gasteiger partial charge in [-0.15, -0.1) is 5.10 Å². The number of carbonyl (C=O) groups excluding carboxylic acids is 1. The van der Waals surface area contributed by atoms with Gasteiger partial charge in [0.25, 0.3) is 11.6 Å². The molecule has 0 bridgehead atoms. The van der Waals surface area contributed by atoms with Crippen LogP contribution in [0.5, 0.6) is 0 Å². The molecule has 8 nitrogen and oxygen atoms in total. The van der Waals surface area contributed by atoms with E-state index in [0.29, 0.717) is 5.78 Å². The van der Waals surface area contributed by atoms with Crippen LogP contribution in [0.4, 0.5) is 0 Å². The predicted octanol–water partition coefficient (Wildman–Crippen LogP) is 0.311. The van der Waals surface area contributed by atoms with Crippen molar-refractivity contribution in [3.8, 4) is 11.4 Å². The lowest BCUT2D eigenvalue weighted by molar-refractivity contribution is 0.0587. The zero-order valence-electron chi connectivity index (χ0n) is 10.3. The Bertz CT molecular complexity index is 759. The van der Waals surface area contributed by atoms with E-state index in [2.05, 4.69) is 24.9 Å². The number of aromatic nitrogens is 6. The molecule has 0 radical (unpaired) electrons. The van der Waals surface area contributed by atoms with Crippen LogP contribution < -0.4 is 0 Å². The number of hydrogen-bond donors (Lipinski definition) is 0. The summed E-state index contributed by atoms with van der Waals surface area (Å²) in [5.41, 5.74) is 1.58. The van der Waals surface area contributed by atoms with Crippen molar-refractivity contribution in [2.45, 2.75) is 0 Å². The van der Waals surface area contributed by atoms with Gasteiger partial charge in [-0.1, -0.05) is 0 Å². The van der Waals surface area contributed by atoms with E-state index >= 15 is 0 Å². The van der Waals surface area contributed by atoms with Crippen molar-refractivity contribution in [1.29, 1.82) is 0 Å². The molecule has 3 aromatic rings. The first-order valence-electron chi connectivity index (χ1n) is 5.49. The molecule has 0 unspecified atom stereocenters. The van der Waals surface area contributed by atoms with Crippen LogP contribution in [0.3, 0.4) is 0 Å². The topological polar surface area (TPSA) is 87.2 Å². The van der Waals surface area contributed by atoms with Crippen LogP contribution in [0, 0.1) is 0 Å². The van der Waals surface area contributed by atoms with Gasteiger partial charge in [0.2, 0.25) is 0 Å². The normalized spacial score (nSPS) is 10.8. The molecule has 3 heterocycles. The first kappa shape index (κ1) is 11.3. The number of carbonyl (C=O) groups is 1. The molecule has 0 saturated carbocycles. The lowest BCUT2D eigenvalue weighted by atomic mass is 10.3. The second kappa shape index (κ2) is 4.16. The Balaban J connectivity index is 2.24. The molecule has 0 saturated heterocycles. The van der Waals surface area contributed by atoms with Crippen molar-refractivity contribution in [1.82, 2.24) is 29.4 Å². The molecule has 0 spiro atoms. The molecule has 0 aliphatic carbocycles. The number of methoxy groups -OCH3 is 1. The molecule has 19 heavy (non-hydrogen) atoms.